The third kappa shape index (κ3) is 5.49. The maximum absolute atomic E-state index is 13.5. The number of para-hydroxylation sites is 1. The quantitative estimate of drug-likeness (QED) is 0.425. The predicted octanol–water partition coefficient (Wildman–Crippen LogP) is 5.06. The largest absolute Gasteiger partial charge is 0.489 e. The number of carbonyl (C=O) groups excluding carboxylic acids is 2. The molecule has 1 aliphatic carbocycles. The van der Waals surface area contributed by atoms with Crippen LogP contribution in [0.3, 0.4) is 0 Å². The molecular weight excluding hydrogens is 442 g/mol. The third-order valence-corrected chi connectivity index (χ3v) is 6.45. The number of hydrogen-bond donors (Lipinski definition) is 1. The van der Waals surface area contributed by atoms with Gasteiger partial charge < -0.3 is 19.5 Å². The lowest BCUT2D eigenvalue weighted by Gasteiger charge is -2.39. The zero-order valence-corrected chi connectivity index (χ0v) is 20.9. The summed E-state index contributed by atoms with van der Waals surface area (Å²) in [5.41, 5.74) is 4.29. The van der Waals surface area contributed by atoms with Crippen LogP contribution in [0.4, 0.5) is 0 Å². The van der Waals surface area contributed by atoms with Gasteiger partial charge >= 0.3 is 5.97 Å². The lowest BCUT2D eigenvalue weighted by molar-refractivity contribution is -0.140. The van der Waals surface area contributed by atoms with E-state index in [-0.39, 0.29) is 17.8 Å². The summed E-state index contributed by atoms with van der Waals surface area (Å²) in [7, 11) is 1.56. The van der Waals surface area contributed by atoms with Crippen molar-refractivity contribution in [2.45, 2.75) is 46.1 Å². The lowest BCUT2D eigenvalue weighted by Crippen LogP contribution is -2.39. The first-order valence-electron chi connectivity index (χ1n) is 12.0. The van der Waals surface area contributed by atoms with Crippen LogP contribution in [0.15, 0.2) is 77.1 Å². The number of ether oxygens (including phenoxy) is 3. The van der Waals surface area contributed by atoms with Crippen molar-refractivity contribution < 1.29 is 23.8 Å². The molecule has 0 spiro atoms. The molecular formula is C29H33NO5. The van der Waals surface area contributed by atoms with Gasteiger partial charge in [-0.05, 0) is 30.4 Å². The van der Waals surface area contributed by atoms with E-state index >= 15 is 0 Å². The number of methoxy groups -OCH3 is 1. The van der Waals surface area contributed by atoms with Crippen molar-refractivity contribution in [1.82, 2.24) is 5.32 Å². The molecule has 6 heteroatoms. The van der Waals surface area contributed by atoms with Gasteiger partial charge in [0.15, 0.2) is 5.78 Å². The zero-order valence-electron chi connectivity index (χ0n) is 20.9. The van der Waals surface area contributed by atoms with Crippen molar-refractivity contribution in [2.75, 3.05) is 20.3 Å². The maximum atomic E-state index is 13.5. The van der Waals surface area contributed by atoms with Gasteiger partial charge in [0.05, 0.1) is 18.1 Å². The molecule has 1 atom stereocenters. The highest BCUT2D eigenvalue weighted by Crippen LogP contribution is 2.48. The summed E-state index contributed by atoms with van der Waals surface area (Å²) >= 11 is 0. The van der Waals surface area contributed by atoms with Crippen LogP contribution >= 0.6 is 0 Å². The Morgan fingerprint density at radius 3 is 2.49 bits per heavy atom. The highest BCUT2D eigenvalue weighted by molar-refractivity contribution is 6.04. The van der Waals surface area contributed by atoms with Crippen molar-refractivity contribution in [3.8, 4) is 5.75 Å². The lowest BCUT2D eigenvalue weighted by atomic mass is 9.68. The monoisotopic (exact) mass is 475 g/mol. The number of carbonyl (C=O) groups is 2. The first kappa shape index (κ1) is 24.7. The van der Waals surface area contributed by atoms with E-state index in [4.69, 9.17) is 14.2 Å². The Morgan fingerprint density at radius 2 is 1.74 bits per heavy atom. The normalized spacial score (nSPS) is 19.2. The highest BCUT2D eigenvalue weighted by Gasteiger charge is 2.44. The van der Waals surface area contributed by atoms with Crippen LogP contribution in [0.25, 0.3) is 0 Å². The molecule has 184 valence electrons. The number of Topliss-reactive ketones (excluding diaryl/α,β-unsaturated/α-hetero) is 1. The molecule has 0 fully saturated rings. The molecule has 2 aliphatic rings. The molecule has 0 saturated heterocycles. The Kier molecular flexibility index (Phi) is 7.41. The molecule has 1 heterocycles. The molecule has 4 rings (SSSR count). The van der Waals surface area contributed by atoms with E-state index in [2.05, 4.69) is 19.2 Å². The fraction of sp³-hybridized carbons (Fsp3) is 0.379. The molecule has 0 radical (unpaired) electrons. The molecule has 0 saturated carbocycles. The molecule has 2 aromatic carbocycles. The minimum Gasteiger partial charge on any atom is -0.489 e. The van der Waals surface area contributed by atoms with Crippen LogP contribution in [0.2, 0.25) is 0 Å². The molecule has 0 unspecified atom stereocenters. The van der Waals surface area contributed by atoms with Crippen molar-refractivity contribution in [3.63, 3.8) is 0 Å². The molecule has 0 amide bonds. The standard InChI is InChI=1S/C29H33NO5/c1-19-25(28(32)34-15-14-33-4)26(27-22(30-19)16-29(2,3)17-23(27)31)21-12-8-9-13-24(21)35-18-20-10-6-5-7-11-20/h5-13,26,30H,14-18H2,1-4H3/t26-/m1/s1. The van der Waals surface area contributed by atoms with E-state index in [1.807, 2.05) is 61.5 Å². The number of benzene rings is 2. The molecule has 35 heavy (non-hydrogen) atoms. The van der Waals surface area contributed by atoms with E-state index in [1.54, 1.807) is 7.11 Å². The van der Waals surface area contributed by atoms with Gasteiger partial charge in [-0.1, -0.05) is 62.4 Å². The second kappa shape index (κ2) is 10.5. The Labute approximate surface area is 207 Å². The average molecular weight is 476 g/mol. The summed E-state index contributed by atoms with van der Waals surface area (Å²) in [6.45, 7) is 6.87. The van der Waals surface area contributed by atoms with Crippen molar-refractivity contribution in [3.05, 3.63) is 88.3 Å². The van der Waals surface area contributed by atoms with Crippen molar-refractivity contribution in [1.29, 1.82) is 0 Å². The first-order valence-corrected chi connectivity index (χ1v) is 12.0. The number of hydrogen-bond acceptors (Lipinski definition) is 6. The number of esters is 1. The van der Waals surface area contributed by atoms with Crippen molar-refractivity contribution in [2.24, 2.45) is 5.41 Å². The van der Waals surface area contributed by atoms with Crippen LogP contribution in [-0.4, -0.2) is 32.1 Å². The smallest absolute Gasteiger partial charge is 0.336 e. The van der Waals surface area contributed by atoms with Gasteiger partial charge in [0.2, 0.25) is 0 Å². The van der Waals surface area contributed by atoms with Gasteiger partial charge in [-0.25, -0.2) is 4.79 Å². The fourth-order valence-electron chi connectivity index (χ4n) is 4.90. The van der Waals surface area contributed by atoms with Crippen molar-refractivity contribution >= 4 is 11.8 Å². The fourth-order valence-corrected chi connectivity index (χ4v) is 4.90. The van der Waals surface area contributed by atoms with Crippen LogP contribution in [0.5, 0.6) is 5.75 Å². The van der Waals surface area contributed by atoms with Gasteiger partial charge in [0, 0.05) is 36.1 Å². The summed E-state index contributed by atoms with van der Waals surface area (Å²) < 4.78 is 16.8. The van der Waals surface area contributed by atoms with Gasteiger partial charge in [0.25, 0.3) is 0 Å². The third-order valence-electron chi connectivity index (χ3n) is 6.45. The summed E-state index contributed by atoms with van der Waals surface area (Å²) in [4.78, 5) is 26.8. The molecule has 2 aromatic rings. The minimum absolute atomic E-state index is 0.0429. The van der Waals surface area contributed by atoms with Gasteiger partial charge in [-0.3, -0.25) is 4.79 Å². The van der Waals surface area contributed by atoms with Gasteiger partial charge in [-0.15, -0.1) is 0 Å². The number of dihydropyridines is 1. The average Bonchev–Trinajstić information content (AvgIpc) is 2.82. The first-order chi connectivity index (χ1) is 16.8. The van der Waals surface area contributed by atoms with E-state index in [1.165, 1.54) is 0 Å². The topological polar surface area (TPSA) is 73.9 Å². The second-order valence-corrected chi connectivity index (χ2v) is 9.87. The van der Waals surface area contributed by atoms with Crippen LogP contribution in [0, 0.1) is 5.41 Å². The molecule has 1 N–H and O–H groups in total. The van der Waals surface area contributed by atoms with Crippen LogP contribution < -0.4 is 10.1 Å². The highest BCUT2D eigenvalue weighted by atomic mass is 16.6. The molecule has 0 bridgehead atoms. The molecule has 0 aromatic heterocycles. The Hall–Kier alpha value is -3.38. The van der Waals surface area contributed by atoms with E-state index < -0.39 is 11.9 Å². The van der Waals surface area contributed by atoms with E-state index in [0.29, 0.717) is 42.2 Å². The maximum Gasteiger partial charge on any atom is 0.336 e. The number of nitrogens with one attached hydrogen (secondary N) is 1. The van der Waals surface area contributed by atoms with Gasteiger partial charge in [-0.2, -0.15) is 0 Å². The summed E-state index contributed by atoms with van der Waals surface area (Å²) in [6, 6.07) is 17.5. The number of rotatable bonds is 8. The molecule has 1 aliphatic heterocycles. The molecule has 6 nitrogen and oxygen atoms in total. The number of allylic oxidation sites excluding steroid dienone is 3. The summed E-state index contributed by atoms with van der Waals surface area (Å²) in [5, 5.41) is 3.37. The summed E-state index contributed by atoms with van der Waals surface area (Å²) in [6.07, 6.45) is 1.14. The van der Waals surface area contributed by atoms with E-state index in [9.17, 15) is 9.59 Å². The SMILES string of the molecule is COCCOC(=O)C1=C(C)NC2=C(C(=O)CC(C)(C)C2)[C@@H]1c1ccccc1OCc1ccccc1. The van der Waals surface area contributed by atoms with Crippen LogP contribution in [0.1, 0.15) is 50.7 Å². The predicted molar refractivity (Wildman–Crippen MR) is 134 cm³/mol. The minimum atomic E-state index is -0.572. The van der Waals surface area contributed by atoms with E-state index in [0.717, 1.165) is 23.2 Å². The van der Waals surface area contributed by atoms with Crippen LogP contribution in [-0.2, 0) is 25.7 Å². The Bertz CT molecular complexity index is 1160. The Balaban J connectivity index is 1.77. The number of ketones is 1. The zero-order chi connectivity index (χ0) is 25.0. The Morgan fingerprint density at radius 1 is 1.03 bits per heavy atom. The summed E-state index contributed by atoms with van der Waals surface area (Å²) in [5.74, 6) is -0.347. The van der Waals surface area contributed by atoms with Gasteiger partial charge in [0.1, 0.15) is 19.0 Å². The second-order valence-electron chi connectivity index (χ2n) is 9.87.